The van der Waals surface area contributed by atoms with E-state index in [1.54, 1.807) is 16.7 Å². The molecule has 1 saturated heterocycles. The van der Waals surface area contributed by atoms with Gasteiger partial charge in [-0.1, -0.05) is 0 Å². The van der Waals surface area contributed by atoms with Crippen molar-refractivity contribution < 1.29 is 4.48 Å². The second-order valence-corrected chi connectivity index (χ2v) is 8.75. The first-order valence-corrected chi connectivity index (χ1v) is 9.61. The topological polar surface area (TPSA) is 56.9 Å². The standard InChI is InChI=1S/C20H28N4O2/c1-20(2,3)24(11-5-4-6-12-24)14-15-9-10-22-17(25)8-7-16-19(22)23(15)18(26)13-21-16/h4,7-8,13,15H,5-6,9-12,14H2,1-3H3/q+1. The van der Waals surface area contributed by atoms with E-state index < -0.39 is 0 Å². The lowest BCUT2D eigenvalue weighted by atomic mass is 9.93. The number of piperidine rings is 1. The first kappa shape index (κ1) is 17.5. The van der Waals surface area contributed by atoms with Crippen LogP contribution in [0, 0.1) is 6.42 Å². The van der Waals surface area contributed by atoms with E-state index in [1.165, 1.54) is 6.20 Å². The van der Waals surface area contributed by atoms with Gasteiger partial charge in [0.2, 0.25) is 0 Å². The lowest BCUT2D eigenvalue weighted by Crippen LogP contribution is -2.64. The Morgan fingerprint density at radius 3 is 2.58 bits per heavy atom. The fourth-order valence-electron chi connectivity index (χ4n) is 4.82. The van der Waals surface area contributed by atoms with Crippen LogP contribution in [0.3, 0.4) is 0 Å². The molecule has 1 atom stereocenters. The minimum Gasteiger partial charge on any atom is -0.318 e. The third-order valence-electron chi connectivity index (χ3n) is 6.47. The zero-order valence-corrected chi connectivity index (χ0v) is 15.9. The maximum absolute atomic E-state index is 12.7. The predicted molar refractivity (Wildman–Crippen MR) is 102 cm³/mol. The van der Waals surface area contributed by atoms with Crippen molar-refractivity contribution in [1.82, 2.24) is 14.1 Å². The van der Waals surface area contributed by atoms with Gasteiger partial charge in [0.25, 0.3) is 11.1 Å². The Bertz CT molecular complexity index is 940. The Kier molecular flexibility index (Phi) is 4.06. The number of nitrogens with zero attached hydrogens (tertiary/aromatic N) is 4. The second kappa shape index (κ2) is 6.05. The fourth-order valence-corrected chi connectivity index (χ4v) is 4.82. The Morgan fingerprint density at radius 1 is 1.15 bits per heavy atom. The van der Waals surface area contributed by atoms with Crippen LogP contribution in [-0.4, -0.2) is 43.8 Å². The number of quaternary nitrogens is 1. The van der Waals surface area contributed by atoms with Crippen LogP contribution < -0.4 is 11.1 Å². The highest BCUT2D eigenvalue weighted by Gasteiger charge is 2.44. The van der Waals surface area contributed by atoms with Crippen LogP contribution in [0.4, 0.5) is 0 Å². The summed E-state index contributed by atoms with van der Waals surface area (Å²) in [5, 5.41) is 0. The third-order valence-corrected chi connectivity index (χ3v) is 6.47. The van der Waals surface area contributed by atoms with Crippen LogP contribution in [0.1, 0.15) is 46.1 Å². The number of pyridine rings is 1. The van der Waals surface area contributed by atoms with E-state index in [0.717, 1.165) is 48.9 Å². The van der Waals surface area contributed by atoms with Gasteiger partial charge in [0.1, 0.15) is 17.7 Å². The molecule has 0 amide bonds. The van der Waals surface area contributed by atoms with Gasteiger partial charge in [0, 0.05) is 12.6 Å². The highest BCUT2D eigenvalue weighted by molar-refractivity contribution is 5.70. The van der Waals surface area contributed by atoms with Crippen LogP contribution in [0.2, 0.25) is 0 Å². The van der Waals surface area contributed by atoms with Gasteiger partial charge in [0.05, 0.1) is 30.9 Å². The number of likely N-dealkylation sites (tertiary alicyclic amines) is 1. The molecule has 6 heteroatoms. The maximum Gasteiger partial charge on any atom is 0.271 e. The SMILES string of the molecule is CC(C)(C)[N+]1(CC2CCn3c(=O)ccc4ncc(=O)n2c43)CC[CH]CC1. The molecule has 0 spiro atoms. The molecule has 0 aromatic carbocycles. The van der Waals surface area contributed by atoms with Gasteiger partial charge in [-0.2, -0.15) is 0 Å². The van der Waals surface area contributed by atoms with Gasteiger partial charge < -0.3 is 4.48 Å². The number of rotatable bonds is 2. The molecule has 0 saturated carbocycles. The summed E-state index contributed by atoms with van der Waals surface area (Å²) in [6, 6.07) is 3.39. The normalized spacial score (nSPS) is 22.5. The summed E-state index contributed by atoms with van der Waals surface area (Å²) < 4.78 is 4.57. The molecule has 2 aromatic rings. The highest BCUT2D eigenvalue weighted by Crippen LogP contribution is 2.34. The van der Waals surface area contributed by atoms with Crippen LogP contribution in [-0.2, 0) is 6.54 Å². The van der Waals surface area contributed by atoms with Gasteiger partial charge in [-0.05, 0) is 52.5 Å². The summed E-state index contributed by atoms with van der Waals surface area (Å²) in [6.07, 6.45) is 6.85. The smallest absolute Gasteiger partial charge is 0.271 e. The first-order chi connectivity index (χ1) is 12.3. The summed E-state index contributed by atoms with van der Waals surface area (Å²) >= 11 is 0. The van der Waals surface area contributed by atoms with Crippen LogP contribution in [0.5, 0.6) is 0 Å². The molecular weight excluding hydrogens is 328 g/mol. The molecule has 1 unspecified atom stereocenters. The van der Waals surface area contributed by atoms with Gasteiger partial charge in [-0.25, -0.2) is 4.98 Å². The Labute approximate surface area is 153 Å². The van der Waals surface area contributed by atoms with Gasteiger partial charge in [-0.15, -0.1) is 0 Å². The van der Waals surface area contributed by atoms with Crippen molar-refractivity contribution in [2.75, 3.05) is 19.6 Å². The second-order valence-electron chi connectivity index (χ2n) is 8.75. The number of aromatic nitrogens is 3. The van der Waals surface area contributed by atoms with Crippen LogP contribution in [0.25, 0.3) is 11.2 Å². The van der Waals surface area contributed by atoms with E-state index in [0.29, 0.717) is 12.2 Å². The van der Waals surface area contributed by atoms with Crippen molar-refractivity contribution in [1.29, 1.82) is 0 Å². The van der Waals surface area contributed by atoms with E-state index in [9.17, 15) is 9.59 Å². The predicted octanol–water partition coefficient (Wildman–Crippen LogP) is 2.12. The fraction of sp³-hybridized carbons (Fsp3) is 0.600. The average molecular weight is 356 g/mol. The molecule has 26 heavy (non-hydrogen) atoms. The largest absolute Gasteiger partial charge is 0.318 e. The number of aryl methyl sites for hydroxylation is 1. The average Bonchev–Trinajstić information content (AvgIpc) is 2.60. The quantitative estimate of drug-likeness (QED) is 0.775. The molecule has 4 heterocycles. The number of hydrogen-bond acceptors (Lipinski definition) is 3. The highest BCUT2D eigenvalue weighted by atomic mass is 16.1. The molecule has 1 fully saturated rings. The van der Waals surface area contributed by atoms with Crippen molar-refractivity contribution in [3.63, 3.8) is 0 Å². The minimum absolute atomic E-state index is 0.0515. The molecule has 4 rings (SSSR count). The van der Waals surface area contributed by atoms with E-state index in [-0.39, 0.29) is 22.7 Å². The summed E-state index contributed by atoms with van der Waals surface area (Å²) in [4.78, 5) is 29.3. The van der Waals surface area contributed by atoms with E-state index >= 15 is 0 Å². The molecule has 0 aliphatic carbocycles. The summed E-state index contributed by atoms with van der Waals surface area (Å²) in [6.45, 7) is 10.7. The van der Waals surface area contributed by atoms with Crippen molar-refractivity contribution in [2.45, 2.75) is 58.2 Å². The lowest BCUT2D eigenvalue weighted by molar-refractivity contribution is -0.975. The first-order valence-electron chi connectivity index (χ1n) is 9.61. The minimum atomic E-state index is -0.0998. The van der Waals surface area contributed by atoms with Crippen LogP contribution >= 0.6 is 0 Å². The Balaban J connectivity index is 1.84. The Hall–Kier alpha value is -1.95. The van der Waals surface area contributed by atoms with Crippen LogP contribution in [0.15, 0.2) is 27.9 Å². The molecule has 2 aromatic heterocycles. The molecule has 1 radical (unpaired) electrons. The van der Waals surface area contributed by atoms with E-state index in [1.807, 2.05) is 4.57 Å². The zero-order chi connectivity index (χ0) is 18.5. The molecule has 0 bridgehead atoms. The lowest BCUT2D eigenvalue weighted by Gasteiger charge is -2.52. The van der Waals surface area contributed by atoms with E-state index in [2.05, 4.69) is 32.2 Å². The third kappa shape index (κ3) is 2.62. The monoisotopic (exact) mass is 356 g/mol. The Morgan fingerprint density at radius 2 is 1.88 bits per heavy atom. The molecule has 6 nitrogen and oxygen atoms in total. The van der Waals surface area contributed by atoms with Crippen molar-refractivity contribution in [3.8, 4) is 0 Å². The molecule has 139 valence electrons. The maximum atomic E-state index is 12.7. The molecule has 0 N–H and O–H groups in total. The van der Waals surface area contributed by atoms with Gasteiger partial charge in [0.15, 0.2) is 0 Å². The van der Waals surface area contributed by atoms with Crippen molar-refractivity contribution in [3.05, 3.63) is 45.5 Å². The number of hydrogen-bond donors (Lipinski definition) is 0. The van der Waals surface area contributed by atoms with E-state index in [4.69, 9.17) is 0 Å². The van der Waals surface area contributed by atoms with Crippen molar-refractivity contribution in [2.24, 2.45) is 0 Å². The molecular formula is C20H28N4O2+. The van der Waals surface area contributed by atoms with Gasteiger partial charge in [-0.3, -0.25) is 18.7 Å². The molecule has 2 aliphatic heterocycles. The van der Waals surface area contributed by atoms with Crippen molar-refractivity contribution >= 4 is 11.2 Å². The summed E-state index contributed by atoms with van der Waals surface area (Å²) in [7, 11) is 0. The summed E-state index contributed by atoms with van der Waals surface area (Å²) in [5.74, 6) is 0. The zero-order valence-electron chi connectivity index (χ0n) is 15.9. The molecule has 2 aliphatic rings. The summed E-state index contributed by atoms with van der Waals surface area (Å²) in [5.41, 5.74) is 1.39. The van der Waals surface area contributed by atoms with Gasteiger partial charge >= 0.3 is 0 Å².